The molecule has 0 atom stereocenters. The molecule has 2 saturated heterocycles. The lowest BCUT2D eigenvalue weighted by molar-refractivity contribution is 0.0305. The predicted octanol–water partition coefficient (Wildman–Crippen LogP) is 3.06. The number of hydrogen-bond donors (Lipinski definition) is 2. The van der Waals surface area contributed by atoms with Gasteiger partial charge in [-0.1, -0.05) is 0 Å². The number of ether oxygens (including phenoxy) is 1. The minimum Gasteiger partial charge on any atom is -0.386 e. The van der Waals surface area contributed by atoms with Gasteiger partial charge in [0.2, 0.25) is 0 Å². The Morgan fingerprint density at radius 1 is 1.10 bits per heavy atom. The minimum absolute atomic E-state index is 0.281. The van der Waals surface area contributed by atoms with E-state index in [0.717, 1.165) is 35.5 Å². The number of carbonyl (C=O) groups excluding carboxylic acids is 1. The third-order valence-electron chi connectivity index (χ3n) is 7.67. The molecule has 6 rings (SSSR count). The molecule has 0 unspecified atom stereocenters. The van der Waals surface area contributed by atoms with Gasteiger partial charge in [0.15, 0.2) is 5.82 Å². The van der Waals surface area contributed by atoms with Gasteiger partial charge in [-0.15, -0.1) is 0 Å². The molecule has 3 fully saturated rings. The number of nitriles is 1. The van der Waals surface area contributed by atoms with E-state index in [1.54, 1.807) is 24.5 Å². The maximum absolute atomic E-state index is 13.5. The average molecular weight is 526 g/mol. The predicted molar refractivity (Wildman–Crippen MR) is 147 cm³/mol. The summed E-state index contributed by atoms with van der Waals surface area (Å²) in [4.78, 5) is 31.5. The van der Waals surface area contributed by atoms with Crippen LogP contribution in [0, 0.1) is 18.3 Å². The number of anilines is 3. The third-order valence-corrected chi connectivity index (χ3v) is 7.67. The molecule has 1 aliphatic carbocycles. The van der Waals surface area contributed by atoms with Gasteiger partial charge in [-0.05, 0) is 62.6 Å². The zero-order valence-corrected chi connectivity index (χ0v) is 22.1. The molecule has 10 heteroatoms. The van der Waals surface area contributed by atoms with Crippen LogP contribution in [-0.2, 0) is 10.2 Å². The lowest BCUT2D eigenvalue weighted by Gasteiger charge is -2.45. The van der Waals surface area contributed by atoms with Gasteiger partial charge in [0.05, 0.1) is 41.7 Å². The van der Waals surface area contributed by atoms with E-state index in [0.29, 0.717) is 62.2 Å². The van der Waals surface area contributed by atoms with E-state index in [1.807, 2.05) is 36.9 Å². The highest BCUT2D eigenvalue weighted by Gasteiger charge is 2.46. The number of aliphatic hydroxyl groups is 1. The molecule has 2 N–H and O–H groups in total. The number of aryl methyl sites for hydroxylation is 1. The van der Waals surface area contributed by atoms with Crippen LogP contribution in [0.15, 0.2) is 42.7 Å². The van der Waals surface area contributed by atoms with Crippen molar-refractivity contribution in [3.8, 4) is 17.2 Å². The average Bonchev–Trinajstić information content (AvgIpc) is 3.74. The molecule has 0 aromatic carbocycles. The van der Waals surface area contributed by atoms with Gasteiger partial charge in [-0.25, -0.2) is 9.97 Å². The van der Waals surface area contributed by atoms with Crippen LogP contribution in [0.3, 0.4) is 0 Å². The van der Waals surface area contributed by atoms with Gasteiger partial charge >= 0.3 is 0 Å². The van der Waals surface area contributed by atoms with Gasteiger partial charge in [0.1, 0.15) is 5.82 Å². The maximum atomic E-state index is 13.5. The fraction of sp³-hybridized carbons (Fsp3) is 0.414. The van der Waals surface area contributed by atoms with Crippen molar-refractivity contribution in [2.45, 2.75) is 37.7 Å². The van der Waals surface area contributed by atoms with E-state index >= 15 is 0 Å². The second kappa shape index (κ2) is 9.59. The van der Waals surface area contributed by atoms with E-state index in [4.69, 9.17) is 9.72 Å². The van der Waals surface area contributed by atoms with Crippen LogP contribution in [0.1, 0.15) is 41.5 Å². The van der Waals surface area contributed by atoms with Crippen LogP contribution in [0.25, 0.3) is 11.1 Å². The van der Waals surface area contributed by atoms with Crippen LogP contribution < -0.4 is 15.1 Å². The number of β-amino-alcohol motifs (C(OH)–C–C–N with tert-alkyl or cyclic N) is 1. The van der Waals surface area contributed by atoms with Crippen molar-refractivity contribution in [1.82, 2.24) is 15.0 Å². The normalized spacial score (nSPS) is 19.1. The Bertz CT molecular complexity index is 1460. The monoisotopic (exact) mass is 525 g/mol. The van der Waals surface area contributed by atoms with Crippen molar-refractivity contribution in [3.05, 3.63) is 59.7 Å². The molecule has 2 aliphatic heterocycles. The molecule has 3 aromatic rings. The summed E-state index contributed by atoms with van der Waals surface area (Å²) in [5.74, 6) is 1.21. The summed E-state index contributed by atoms with van der Waals surface area (Å²) < 4.78 is 5.54. The number of pyridine rings is 3. The molecule has 0 bridgehead atoms. The Balaban J connectivity index is 1.34. The molecule has 3 aromatic heterocycles. The second-order valence-electron chi connectivity index (χ2n) is 10.9. The molecule has 0 spiro atoms. The summed E-state index contributed by atoms with van der Waals surface area (Å²) in [6, 6.07) is 11.6. The summed E-state index contributed by atoms with van der Waals surface area (Å²) in [5.41, 5.74) is 3.07. The zero-order valence-electron chi connectivity index (χ0n) is 22.1. The molecular formula is C29H31N7O3. The van der Waals surface area contributed by atoms with Crippen molar-refractivity contribution in [2.24, 2.45) is 0 Å². The molecule has 10 nitrogen and oxygen atoms in total. The lowest BCUT2D eigenvalue weighted by atomic mass is 9.96. The molecule has 1 amide bonds. The quantitative estimate of drug-likeness (QED) is 0.499. The van der Waals surface area contributed by atoms with Crippen LogP contribution in [-0.4, -0.2) is 71.0 Å². The largest absolute Gasteiger partial charge is 0.386 e. The first-order chi connectivity index (χ1) is 18.8. The zero-order chi connectivity index (χ0) is 27.2. The number of hydrogen-bond acceptors (Lipinski definition) is 9. The molecule has 5 heterocycles. The number of amides is 1. The summed E-state index contributed by atoms with van der Waals surface area (Å²) in [6.07, 6.45) is 4.87. The number of morpholine rings is 1. The highest BCUT2D eigenvalue weighted by atomic mass is 16.5. The van der Waals surface area contributed by atoms with Crippen molar-refractivity contribution in [2.75, 3.05) is 54.5 Å². The van der Waals surface area contributed by atoms with Crippen molar-refractivity contribution < 1.29 is 14.6 Å². The Kier molecular flexibility index (Phi) is 6.20. The molecular weight excluding hydrogens is 494 g/mol. The summed E-state index contributed by atoms with van der Waals surface area (Å²) >= 11 is 0. The maximum Gasteiger partial charge on any atom is 0.255 e. The van der Waals surface area contributed by atoms with E-state index in [1.165, 1.54) is 0 Å². The Morgan fingerprint density at radius 3 is 2.54 bits per heavy atom. The summed E-state index contributed by atoms with van der Waals surface area (Å²) in [6.45, 7) is 7.36. The Morgan fingerprint density at radius 2 is 1.85 bits per heavy atom. The summed E-state index contributed by atoms with van der Waals surface area (Å²) in [5, 5.41) is 22.9. The molecule has 1 saturated carbocycles. The highest BCUT2D eigenvalue weighted by molar-refractivity contribution is 6.06. The Labute approximate surface area is 227 Å². The van der Waals surface area contributed by atoms with Crippen LogP contribution in [0.5, 0.6) is 0 Å². The fourth-order valence-corrected chi connectivity index (χ4v) is 5.27. The molecule has 0 radical (unpaired) electrons. The number of aromatic nitrogens is 3. The topological polar surface area (TPSA) is 127 Å². The van der Waals surface area contributed by atoms with Crippen molar-refractivity contribution >= 4 is 23.2 Å². The smallest absolute Gasteiger partial charge is 0.255 e. The summed E-state index contributed by atoms with van der Waals surface area (Å²) in [7, 11) is 0. The first kappa shape index (κ1) is 25.2. The standard InChI is InChI=1S/C29H31N7O3/c1-19-22(20-3-8-32-25(14-20)36-17-28(2,38)18-36)15-23(26(33-19)35-9-11-39-12-10-35)34-27(37)21-4-7-31-24(13-21)29(16-30)5-6-29/h3-4,7-8,13-15,38H,5-6,9-12,17-18H2,1-2H3,(H,34,37). The van der Waals surface area contributed by atoms with Crippen LogP contribution in [0.4, 0.5) is 17.3 Å². The Hall–Kier alpha value is -4.07. The molecule has 3 aliphatic rings. The van der Waals surface area contributed by atoms with Gasteiger partial charge in [0.25, 0.3) is 5.91 Å². The van der Waals surface area contributed by atoms with Crippen LogP contribution >= 0.6 is 0 Å². The van der Waals surface area contributed by atoms with Gasteiger partial charge in [-0.3, -0.25) is 9.78 Å². The second-order valence-corrected chi connectivity index (χ2v) is 10.9. The van der Waals surface area contributed by atoms with Gasteiger partial charge < -0.3 is 25.0 Å². The van der Waals surface area contributed by atoms with Gasteiger partial charge in [0, 0.05) is 55.4 Å². The SMILES string of the molecule is Cc1nc(N2CCOCC2)c(NC(=O)c2ccnc(C3(C#N)CC3)c2)cc1-c1ccnc(N2CC(C)(O)C2)c1. The number of rotatable bonds is 6. The molecule has 200 valence electrons. The van der Waals surface area contributed by atoms with E-state index in [-0.39, 0.29) is 5.91 Å². The van der Waals surface area contributed by atoms with E-state index in [9.17, 15) is 15.2 Å². The highest BCUT2D eigenvalue weighted by Crippen LogP contribution is 2.46. The number of carbonyl (C=O) groups is 1. The third kappa shape index (κ3) is 4.91. The minimum atomic E-state index is -0.703. The van der Waals surface area contributed by atoms with Crippen LogP contribution in [0.2, 0.25) is 0 Å². The van der Waals surface area contributed by atoms with Gasteiger partial charge in [-0.2, -0.15) is 5.26 Å². The number of nitrogens with zero attached hydrogens (tertiary/aromatic N) is 6. The first-order valence-electron chi connectivity index (χ1n) is 13.2. The van der Waals surface area contributed by atoms with Crippen molar-refractivity contribution in [1.29, 1.82) is 5.26 Å². The lowest BCUT2D eigenvalue weighted by Crippen LogP contribution is -2.60. The fourth-order valence-electron chi connectivity index (χ4n) is 5.27. The van der Waals surface area contributed by atoms with E-state index in [2.05, 4.69) is 26.3 Å². The van der Waals surface area contributed by atoms with Crippen molar-refractivity contribution in [3.63, 3.8) is 0 Å². The molecule has 39 heavy (non-hydrogen) atoms. The first-order valence-corrected chi connectivity index (χ1v) is 13.2. The van der Waals surface area contributed by atoms with E-state index < -0.39 is 11.0 Å². The number of nitrogens with one attached hydrogen (secondary N) is 1.